The number of hydrogen-bond acceptors (Lipinski definition) is 3. The molecule has 23 heavy (non-hydrogen) atoms. The van der Waals surface area contributed by atoms with E-state index in [0.717, 1.165) is 43.2 Å². The molecule has 2 unspecified atom stereocenters. The summed E-state index contributed by atoms with van der Waals surface area (Å²) in [5.41, 5.74) is 2.47. The maximum absolute atomic E-state index is 12.3. The number of nitrogens with zero attached hydrogens (tertiary/aromatic N) is 1. The number of aliphatic hydroxyl groups excluding tert-OH is 1. The second-order valence-electron chi connectivity index (χ2n) is 6.72. The molecule has 2 atom stereocenters. The van der Waals surface area contributed by atoms with Crippen molar-refractivity contribution in [3.63, 3.8) is 0 Å². The molecule has 1 fully saturated rings. The molecule has 2 N–H and O–H groups in total. The van der Waals surface area contributed by atoms with Gasteiger partial charge in [-0.05, 0) is 43.4 Å². The minimum absolute atomic E-state index is 0.157. The van der Waals surface area contributed by atoms with E-state index in [1.165, 1.54) is 0 Å². The molecule has 0 spiro atoms. The largest absolute Gasteiger partial charge is 0.393 e. The molecular formula is C18H24N2O3. The summed E-state index contributed by atoms with van der Waals surface area (Å²) >= 11 is 0. The van der Waals surface area contributed by atoms with E-state index in [9.17, 15) is 14.7 Å². The van der Waals surface area contributed by atoms with Crippen molar-refractivity contribution in [2.75, 3.05) is 18.9 Å². The van der Waals surface area contributed by atoms with Crippen molar-refractivity contribution in [3.8, 4) is 0 Å². The maximum Gasteiger partial charge on any atom is 0.321 e. The third kappa shape index (κ3) is 3.55. The first-order valence-electron chi connectivity index (χ1n) is 8.41. The van der Waals surface area contributed by atoms with Gasteiger partial charge in [-0.25, -0.2) is 4.79 Å². The van der Waals surface area contributed by atoms with Crippen LogP contribution in [0.4, 0.5) is 10.5 Å². The van der Waals surface area contributed by atoms with Crippen LogP contribution in [0.3, 0.4) is 0 Å². The summed E-state index contributed by atoms with van der Waals surface area (Å²) in [7, 11) is 1.74. The van der Waals surface area contributed by atoms with Crippen molar-refractivity contribution >= 4 is 17.5 Å². The molecule has 0 aromatic heterocycles. The average molecular weight is 316 g/mol. The van der Waals surface area contributed by atoms with Gasteiger partial charge in [-0.3, -0.25) is 4.79 Å². The fourth-order valence-corrected chi connectivity index (χ4v) is 3.59. The maximum atomic E-state index is 12.3. The highest BCUT2D eigenvalue weighted by Gasteiger charge is 2.27. The Kier molecular flexibility index (Phi) is 4.66. The number of carbonyl (C=O) groups is 2. The Labute approximate surface area is 136 Å². The Morgan fingerprint density at radius 3 is 2.87 bits per heavy atom. The minimum atomic E-state index is -0.299. The third-order valence-corrected chi connectivity index (χ3v) is 4.99. The Morgan fingerprint density at radius 1 is 1.30 bits per heavy atom. The van der Waals surface area contributed by atoms with E-state index in [1.54, 1.807) is 18.0 Å². The molecular weight excluding hydrogens is 292 g/mol. The molecule has 3 rings (SSSR count). The summed E-state index contributed by atoms with van der Waals surface area (Å²) in [6, 6.07) is 5.37. The zero-order valence-corrected chi connectivity index (χ0v) is 13.5. The van der Waals surface area contributed by atoms with Crippen molar-refractivity contribution in [1.29, 1.82) is 0 Å². The summed E-state index contributed by atoms with van der Waals surface area (Å²) in [5, 5.41) is 12.7. The average Bonchev–Trinajstić information content (AvgIpc) is 2.93. The molecule has 0 aliphatic heterocycles. The van der Waals surface area contributed by atoms with Crippen molar-refractivity contribution in [2.24, 2.45) is 5.92 Å². The summed E-state index contributed by atoms with van der Waals surface area (Å²) < 4.78 is 0. The topological polar surface area (TPSA) is 69.6 Å². The molecule has 5 nitrogen and oxygen atoms in total. The van der Waals surface area contributed by atoms with Crippen LogP contribution in [-0.4, -0.2) is 41.5 Å². The molecule has 0 bridgehead atoms. The molecule has 1 aromatic carbocycles. The standard InChI is InChI=1S/C18H24N2O3/c1-20(11-13-5-3-6-16(13)21)18(23)19-14-9-8-12-4-2-7-17(22)15(12)10-14/h8-10,13,16,21H,2-7,11H2,1H3,(H,19,23). The van der Waals surface area contributed by atoms with Gasteiger partial charge in [-0.2, -0.15) is 0 Å². The highest BCUT2D eigenvalue weighted by molar-refractivity contribution is 6.00. The first-order valence-corrected chi connectivity index (χ1v) is 8.41. The zero-order valence-electron chi connectivity index (χ0n) is 13.5. The van der Waals surface area contributed by atoms with Gasteiger partial charge in [-0.15, -0.1) is 0 Å². The molecule has 0 radical (unpaired) electrons. The number of ketones is 1. The number of Topliss-reactive ketones (excluding diaryl/α,β-unsaturated/α-hetero) is 1. The molecule has 2 aliphatic rings. The second kappa shape index (κ2) is 6.71. The summed E-state index contributed by atoms with van der Waals surface area (Å²) in [6.07, 6.45) is 4.93. The van der Waals surface area contributed by atoms with Gasteiger partial charge in [0.1, 0.15) is 0 Å². The summed E-state index contributed by atoms with van der Waals surface area (Å²) in [4.78, 5) is 25.9. The van der Waals surface area contributed by atoms with E-state index >= 15 is 0 Å². The highest BCUT2D eigenvalue weighted by Crippen LogP contribution is 2.27. The smallest absolute Gasteiger partial charge is 0.321 e. The molecule has 1 aromatic rings. The number of amides is 2. The van der Waals surface area contributed by atoms with Crippen LogP contribution in [0.5, 0.6) is 0 Å². The number of aryl methyl sites for hydroxylation is 1. The van der Waals surface area contributed by atoms with Gasteiger partial charge >= 0.3 is 6.03 Å². The second-order valence-corrected chi connectivity index (χ2v) is 6.72. The Bertz CT molecular complexity index is 614. The van der Waals surface area contributed by atoms with E-state index < -0.39 is 0 Å². The molecule has 0 saturated heterocycles. The lowest BCUT2D eigenvalue weighted by Gasteiger charge is -2.24. The fourth-order valence-electron chi connectivity index (χ4n) is 3.59. The molecule has 2 amide bonds. The van der Waals surface area contributed by atoms with Crippen LogP contribution < -0.4 is 5.32 Å². The van der Waals surface area contributed by atoms with E-state index in [1.807, 2.05) is 12.1 Å². The number of fused-ring (bicyclic) bond motifs is 1. The van der Waals surface area contributed by atoms with Gasteiger partial charge in [0.05, 0.1) is 6.10 Å². The first-order chi connectivity index (χ1) is 11.0. The van der Waals surface area contributed by atoms with Crippen LogP contribution in [0.25, 0.3) is 0 Å². The van der Waals surface area contributed by atoms with Crippen LogP contribution in [0.15, 0.2) is 18.2 Å². The number of aliphatic hydroxyl groups is 1. The lowest BCUT2D eigenvalue weighted by atomic mass is 9.90. The lowest BCUT2D eigenvalue weighted by molar-refractivity contribution is 0.0972. The van der Waals surface area contributed by atoms with Crippen molar-refractivity contribution in [1.82, 2.24) is 4.90 Å². The normalized spacial score (nSPS) is 23.5. The number of rotatable bonds is 3. The van der Waals surface area contributed by atoms with Gasteiger partial charge in [0.25, 0.3) is 0 Å². The Morgan fingerprint density at radius 2 is 2.13 bits per heavy atom. The van der Waals surface area contributed by atoms with E-state index in [4.69, 9.17) is 0 Å². The molecule has 124 valence electrons. The van der Waals surface area contributed by atoms with Crippen LogP contribution >= 0.6 is 0 Å². The lowest BCUT2D eigenvalue weighted by Crippen LogP contribution is -2.37. The predicted molar refractivity (Wildman–Crippen MR) is 88.7 cm³/mol. The Hall–Kier alpha value is -1.88. The fraction of sp³-hybridized carbons (Fsp3) is 0.556. The first kappa shape index (κ1) is 16.0. The summed E-state index contributed by atoms with van der Waals surface area (Å²) in [6.45, 7) is 0.552. The van der Waals surface area contributed by atoms with Crippen LogP contribution in [0.1, 0.15) is 48.0 Å². The van der Waals surface area contributed by atoms with Crippen LogP contribution in [0, 0.1) is 5.92 Å². The number of nitrogens with one attached hydrogen (secondary N) is 1. The molecule has 1 saturated carbocycles. The number of carbonyl (C=O) groups excluding carboxylic acids is 2. The van der Waals surface area contributed by atoms with Gasteiger partial charge in [-0.1, -0.05) is 12.5 Å². The molecule has 0 heterocycles. The minimum Gasteiger partial charge on any atom is -0.393 e. The number of urea groups is 1. The van der Waals surface area contributed by atoms with Crippen LogP contribution in [0.2, 0.25) is 0 Å². The number of anilines is 1. The van der Waals surface area contributed by atoms with Crippen molar-refractivity contribution in [2.45, 2.75) is 44.6 Å². The predicted octanol–water partition coefficient (Wildman–Crippen LogP) is 2.83. The SMILES string of the molecule is CN(CC1CCCC1O)C(=O)Nc1ccc2c(c1)C(=O)CCC2. The van der Waals surface area contributed by atoms with Crippen molar-refractivity contribution < 1.29 is 14.7 Å². The quantitative estimate of drug-likeness (QED) is 0.901. The number of benzene rings is 1. The molecule has 5 heteroatoms. The molecule has 2 aliphatic carbocycles. The van der Waals surface area contributed by atoms with Crippen LogP contribution in [-0.2, 0) is 6.42 Å². The van der Waals surface area contributed by atoms with E-state index in [0.29, 0.717) is 18.7 Å². The van der Waals surface area contributed by atoms with Crippen molar-refractivity contribution in [3.05, 3.63) is 29.3 Å². The van der Waals surface area contributed by atoms with E-state index in [2.05, 4.69) is 5.32 Å². The van der Waals surface area contributed by atoms with E-state index in [-0.39, 0.29) is 23.8 Å². The van der Waals surface area contributed by atoms with Gasteiger partial charge in [0.15, 0.2) is 5.78 Å². The summed E-state index contributed by atoms with van der Waals surface area (Å²) in [5.74, 6) is 0.320. The number of hydrogen-bond donors (Lipinski definition) is 2. The monoisotopic (exact) mass is 316 g/mol. The zero-order chi connectivity index (χ0) is 16.4. The van der Waals surface area contributed by atoms with Gasteiger partial charge < -0.3 is 15.3 Å². The third-order valence-electron chi connectivity index (χ3n) is 4.99. The Balaban J connectivity index is 1.63. The highest BCUT2D eigenvalue weighted by atomic mass is 16.3. The van der Waals surface area contributed by atoms with Gasteiger partial charge in [0, 0.05) is 37.2 Å². The van der Waals surface area contributed by atoms with Gasteiger partial charge in [0.2, 0.25) is 0 Å².